The van der Waals surface area contributed by atoms with Crippen molar-refractivity contribution in [3.05, 3.63) is 21.4 Å². The van der Waals surface area contributed by atoms with E-state index in [4.69, 9.17) is 10.8 Å². The number of rotatable bonds is 5. The highest BCUT2D eigenvalue weighted by molar-refractivity contribution is 7.98. The van der Waals surface area contributed by atoms with Crippen LogP contribution in [0.25, 0.3) is 0 Å². The van der Waals surface area contributed by atoms with Crippen LogP contribution in [0.15, 0.2) is 6.07 Å². The maximum absolute atomic E-state index is 10.7. The Morgan fingerprint density at radius 1 is 1.71 bits per heavy atom. The Morgan fingerprint density at radius 3 is 2.93 bits per heavy atom. The van der Waals surface area contributed by atoms with Gasteiger partial charge in [0.2, 0.25) is 0 Å². The number of aryl methyl sites for hydroxylation is 1. The lowest BCUT2D eigenvalue weighted by Crippen LogP contribution is -2.01. The molecule has 0 atom stereocenters. The van der Waals surface area contributed by atoms with Crippen molar-refractivity contribution >= 4 is 29.1 Å². The molecule has 0 saturated heterocycles. The van der Waals surface area contributed by atoms with E-state index in [9.17, 15) is 4.79 Å². The Morgan fingerprint density at radius 2 is 2.43 bits per heavy atom. The molecule has 0 amide bonds. The van der Waals surface area contributed by atoms with Crippen LogP contribution in [-0.2, 0) is 5.75 Å². The lowest BCUT2D eigenvalue weighted by molar-refractivity contribution is 0.0702. The molecule has 0 aliphatic heterocycles. The smallest absolute Gasteiger partial charge is 0.345 e. The summed E-state index contributed by atoms with van der Waals surface area (Å²) in [6.07, 6.45) is 0. The number of thioether (sulfide) groups is 1. The average Bonchev–Trinajstić information content (AvgIpc) is 2.49. The van der Waals surface area contributed by atoms with Crippen LogP contribution in [0.5, 0.6) is 0 Å². The minimum absolute atomic E-state index is 0.422. The van der Waals surface area contributed by atoms with Crippen molar-refractivity contribution in [2.45, 2.75) is 12.7 Å². The van der Waals surface area contributed by atoms with Crippen molar-refractivity contribution in [1.29, 1.82) is 0 Å². The number of thiophene rings is 1. The standard InChI is InChI=1S/C9H13NO2S2/c1-6-7(5-13-3-2-10)4-8(14-6)9(11)12/h4H,2-3,5,10H2,1H3,(H,11,12). The van der Waals surface area contributed by atoms with Gasteiger partial charge in [0.15, 0.2) is 0 Å². The van der Waals surface area contributed by atoms with Gasteiger partial charge in [0.05, 0.1) is 0 Å². The zero-order chi connectivity index (χ0) is 10.6. The first-order chi connectivity index (χ1) is 6.65. The molecular weight excluding hydrogens is 218 g/mol. The van der Waals surface area contributed by atoms with Gasteiger partial charge < -0.3 is 10.8 Å². The quantitative estimate of drug-likeness (QED) is 0.760. The van der Waals surface area contributed by atoms with Crippen LogP contribution in [0, 0.1) is 6.92 Å². The Hall–Kier alpha value is -0.520. The molecule has 14 heavy (non-hydrogen) atoms. The molecule has 0 aliphatic carbocycles. The summed E-state index contributed by atoms with van der Waals surface area (Å²) >= 11 is 3.07. The molecule has 3 nitrogen and oxygen atoms in total. The first-order valence-electron chi connectivity index (χ1n) is 4.25. The van der Waals surface area contributed by atoms with Gasteiger partial charge in [-0.05, 0) is 18.6 Å². The van der Waals surface area contributed by atoms with Crippen LogP contribution in [0.2, 0.25) is 0 Å². The molecule has 0 spiro atoms. The van der Waals surface area contributed by atoms with Gasteiger partial charge in [-0.1, -0.05) is 0 Å². The van der Waals surface area contributed by atoms with Gasteiger partial charge in [-0.25, -0.2) is 4.79 Å². The first kappa shape index (κ1) is 11.6. The Balaban J connectivity index is 2.63. The normalized spacial score (nSPS) is 10.4. The summed E-state index contributed by atoms with van der Waals surface area (Å²) in [5.41, 5.74) is 6.49. The molecule has 5 heteroatoms. The van der Waals surface area contributed by atoms with Gasteiger partial charge in [-0.2, -0.15) is 11.8 Å². The fourth-order valence-electron chi connectivity index (χ4n) is 1.03. The number of aromatic carboxylic acids is 1. The van der Waals surface area contributed by atoms with Gasteiger partial charge in [-0.15, -0.1) is 11.3 Å². The minimum atomic E-state index is -0.840. The third kappa shape index (κ3) is 3.01. The maximum Gasteiger partial charge on any atom is 0.345 e. The largest absolute Gasteiger partial charge is 0.477 e. The van der Waals surface area contributed by atoms with E-state index in [2.05, 4.69) is 0 Å². The Labute approximate surface area is 91.3 Å². The molecule has 0 unspecified atom stereocenters. The van der Waals surface area contributed by atoms with Crippen LogP contribution >= 0.6 is 23.1 Å². The van der Waals surface area contributed by atoms with E-state index in [-0.39, 0.29) is 0 Å². The summed E-state index contributed by atoms with van der Waals surface area (Å²) < 4.78 is 0. The highest BCUT2D eigenvalue weighted by Crippen LogP contribution is 2.25. The molecule has 1 aromatic rings. The second-order valence-electron chi connectivity index (χ2n) is 2.84. The molecular formula is C9H13NO2S2. The highest BCUT2D eigenvalue weighted by Gasteiger charge is 2.10. The first-order valence-corrected chi connectivity index (χ1v) is 6.22. The van der Waals surface area contributed by atoms with Gasteiger partial charge in [0.1, 0.15) is 4.88 Å². The summed E-state index contributed by atoms with van der Waals surface area (Å²) in [6, 6.07) is 1.76. The van der Waals surface area contributed by atoms with Crippen LogP contribution in [0.3, 0.4) is 0 Å². The Bertz CT molecular complexity index is 323. The molecule has 0 bridgehead atoms. The van der Waals surface area contributed by atoms with E-state index in [1.54, 1.807) is 17.8 Å². The molecule has 0 fully saturated rings. The summed E-state index contributed by atoms with van der Waals surface area (Å²) in [5.74, 6) is 0.929. The lowest BCUT2D eigenvalue weighted by atomic mass is 10.3. The van der Waals surface area contributed by atoms with Gasteiger partial charge in [-0.3, -0.25) is 0 Å². The van der Waals surface area contributed by atoms with Crippen molar-refractivity contribution in [3.63, 3.8) is 0 Å². The van der Waals surface area contributed by atoms with Crippen LogP contribution in [-0.4, -0.2) is 23.4 Å². The third-order valence-corrected chi connectivity index (χ3v) is 3.87. The summed E-state index contributed by atoms with van der Waals surface area (Å²) in [6.45, 7) is 2.62. The molecule has 1 rings (SSSR count). The van der Waals surface area contributed by atoms with Crippen molar-refractivity contribution < 1.29 is 9.90 Å². The predicted octanol–water partition coefficient (Wildman–Crippen LogP) is 1.95. The fraction of sp³-hybridized carbons (Fsp3) is 0.444. The summed E-state index contributed by atoms with van der Waals surface area (Å²) in [7, 11) is 0. The van der Waals surface area contributed by atoms with Crippen LogP contribution in [0.4, 0.5) is 0 Å². The Kier molecular flexibility index (Phi) is 4.44. The van der Waals surface area contributed by atoms with Crippen LogP contribution in [0.1, 0.15) is 20.1 Å². The molecule has 0 aromatic carbocycles. The van der Waals surface area contributed by atoms with E-state index in [0.29, 0.717) is 11.4 Å². The number of hydrogen-bond donors (Lipinski definition) is 2. The van der Waals surface area contributed by atoms with Gasteiger partial charge in [0, 0.05) is 22.9 Å². The average molecular weight is 231 g/mol. The molecule has 3 N–H and O–H groups in total. The number of hydrogen-bond acceptors (Lipinski definition) is 4. The zero-order valence-corrected chi connectivity index (χ0v) is 9.58. The van der Waals surface area contributed by atoms with Gasteiger partial charge >= 0.3 is 5.97 Å². The third-order valence-electron chi connectivity index (χ3n) is 1.75. The summed E-state index contributed by atoms with van der Waals surface area (Å²) in [5, 5.41) is 8.78. The van der Waals surface area contributed by atoms with E-state index >= 15 is 0 Å². The lowest BCUT2D eigenvalue weighted by Gasteiger charge is -1.97. The number of nitrogens with two attached hydrogens (primary N) is 1. The van der Waals surface area contributed by atoms with E-state index < -0.39 is 5.97 Å². The van der Waals surface area contributed by atoms with E-state index in [0.717, 1.165) is 21.9 Å². The second-order valence-corrected chi connectivity index (χ2v) is 5.20. The highest BCUT2D eigenvalue weighted by atomic mass is 32.2. The van der Waals surface area contributed by atoms with Crippen molar-refractivity contribution in [2.24, 2.45) is 5.73 Å². The van der Waals surface area contributed by atoms with Crippen molar-refractivity contribution in [2.75, 3.05) is 12.3 Å². The number of carbonyl (C=O) groups is 1. The molecule has 1 heterocycles. The fourth-order valence-corrected chi connectivity index (χ4v) is 2.84. The second kappa shape index (κ2) is 5.38. The maximum atomic E-state index is 10.7. The van der Waals surface area contributed by atoms with E-state index in [1.165, 1.54) is 11.3 Å². The van der Waals surface area contributed by atoms with E-state index in [1.807, 2.05) is 6.92 Å². The molecule has 0 saturated carbocycles. The topological polar surface area (TPSA) is 63.3 Å². The molecule has 1 aromatic heterocycles. The molecule has 0 aliphatic rings. The predicted molar refractivity (Wildman–Crippen MR) is 61.2 cm³/mol. The van der Waals surface area contributed by atoms with Crippen molar-refractivity contribution in [3.8, 4) is 0 Å². The number of carboxylic acid groups (broad SMARTS) is 1. The SMILES string of the molecule is Cc1sc(C(=O)O)cc1CSCCN. The monoisotopic (exact) mass is 231 g/mol. The summed E-state index contributed by atoms with van der Waals surface area (Å²) in [4.78, 5) is 12.2. The molecule has 0 radical (unpaired) electrons. The molecule has 78 valence electrons. The zero-order valence-electron chi connectivity index (χ0n) is 7.95. The van der Waals surface area contributed by atoms with Crippen LogP contribution < -0.4 is 5.73 Å². The van der Waals surface area contributed by atoms with Crippen molar-refractivity contribution in [1.82, 2.24) is 0 Å². The van der Waals surface area contributed by atoms with Gasteiger partial charge in [0.25, 0.3) is 0 Å². The number of carboxylic acids is 1. The minimum Gasteiger partial charge on any atom is -0.477 e.